The SMILES string of the molecule is CCOC(=O)c1c(C)[nH]c(C(=O)CN2CCC(C(=O)Nc3cc(C)ccn3)CC2)c1C. The Morgan fingerprint density at radius 2 is 1.94 bits per heavy atom. The van der Waals surface area contributed by atoms with Crippen LogP contribution in [0.5, 0.6) is 0 Å². The summed E-state index contributed by atoms with van der Waals surface area (Å²) in [6.45, 7) is 9.09. The van der Waals surface area contributed by atoms with Crippen molar-refractivity contribution in [1.82, 2.24) is 14.9 Å². The number of ketones is 1. The minimum atomic E-state index is -0.414. The van der Waals surface area contributed by atoms with Crippen LogP contribution in [0.2, 0.25) is 0 Å². The first kappa shape index (κ1) is 22.7. The van der Waals surface area contributed by atoms with Crippen LogP contribution in [0.25, 0.3) is 0 Å². The third kappa shape index (κ3) is 5.38. The van der Waals surface area contributed by atoms with Crippen molar-refractivity contribution in [3.8, 4) is 0 Å². The van der Waals surface area contributed by atoms with Gasteiger partial charge in [-0.2, -0.15) is 0 Å². The molecule has 1 aliphatic heterocycles. The van der Waals surface area contributed by atoms with Crippen molar-refractivity contribution in [3.05, 3.63) is 46.4 Å². The number of piperidine rings is 1. The number of hydrogen-bond acceptors (Lipinski definition) is 6. The molecule has 0 spiro atoms. The van der Waals surface area contributed by atoms with Crippen LogP contribution in [0.3, 0.4) is 0 Å². The number of anilines is 1. The molecular weight excluding hydrogens is 396 g/mol. The molecule has 0 aromatic carbocycles. The number of amides is 1. The molecule has 2 aromatic rings. The number of pyridine rings is 1. The fraction of sp³-hybridized carbons (Fsp3) is 0.478. The largest absolute Gasteiger partial charge is 0.462 e. The summed E-state index contributed by atoms with van der Waals surface area (Å²) in [5.74, 6) is -0.0409. The van der Waals surface area contributed by atoms with Gasteiger partial charge in [0.1, 0.15) is 5.82 Å². The molecule has 8 nitrogen and oxygen atoms in total. The van der Waals surface area contributed by atoms with Crippen molar-refractivity contribution < 1.29 is 19.1 Å². The number of Topliss-reactive ketones (excluding diaryl/α,β-unsaturated/α-hetero) is 1. The van der Waals surface area contributed by atoms with Gasteiger partial charge in [0.25, 0.3) is 0 Å². The van der Waals surface area contributed by atoms with E-state index in [9.17, 15) is 14.4 Å². The Morgan fingerprint density at radius 1 is 1.23 bits per heavy atom. The van der Waals surface area contributed by atoms with Gasteiger partial charge in [-0.3, -0.25) is 14.5 Å². The molecule has 3 heterocycles. The number of esters is 1. The number of hydrogen-bond donors (Lipinski definition) is 2. The van der Waals surface area contributed by atoms with Gasteiger partial charge in [0.05, 0.1) is 24.4 Å². The van der Waals surface area contributed by atoms with E-state index in [1.807, 2.05) is 19.1 Å². The average Bonchev–Trinajstić information content (AvgIpc) is 3.03. The van der Waals surface area contributed by atoms with E-state index in [0.29, 0.717) is 54.3 Å². The number of aromatic amines is 1. The van der Waals surface area contributed by atoms with E-state index in [2.05, 4.69) is 20.2 Å². The maximum Gasteiger partial charge on any atom is 0.340 e. The van der Waals surface area contributed by atoms with Gasteiger partial charge in [0, 0.05) is 17.8 Å². The highest BCUT2D eigenvalue weighted by molar-refractivity contribution is 6.02. The van der Waals surface area contributed by atoms with Crippen LogP contribution < -0.4 is 5.32 Å². The lowest BCUT2D eigenvalue weighted by Crippen LogP contribution is -2.40. The molecule has 1 aliphatic rings. The molecule has 0 saturated carbocycles. The minimum Gasteiger partial charge on any atom is -0.462 e. The van der Waals surface area contributed by atoms with E-state index in [4.69, 9.17) is 4.74 Å². The summed E-state index contributed by atoms with van der Waals surface area (Å²) < 4.78 is 5.09. The zero-order valence-electron chi connectivity index (χ0n) is 18.6. The van der Waals surface area contributed by atoms with Crippen molar-refractivity contribution in [1.29, 1.82) is 0 Å². The van der Waals surface area contributed by atoms with Gasteiger partial charge in [0.15, 0.2) is 5.78 Å². The summed E-state index contributed by atoms with van der Waals surface area (Å²) in [6.07, 6.45) is 3.04. The van der Waals surface area contributed by atoms with E-state index in [0.717, 1.165) is 5.56 Å². The molecule has 0 radical (unpaired) electrons. The molecule has 2 aromatic heterocycles. The van der Waals surface area contributed by atoms with E-state index >= 15 is 0 Å². The smallest absolute Gasteiger partial charge is 0.340 e. The predicted molar refractivity (Wildman–Crippen MR) is 117 cm³/mol. The van der Waals surface area contributed by atoms with Crippen molar-refractivity contribution in [3.63, 3.8) is 0 Å². The number of H-pyrrole nitrogens is 1. The number of likely N-dealkylation sites (tertiary alicyclic amines) is 1. The Hall–Kier alpha value is -3.00. The quantitative estimate of drug-likeness (QED) is 0.521. The lowest BCUT2D eigenvalue weighted by Gasteiger charge is -2.30. The van der Waals surface area contributed by atoms with E-state index in [1.165, 1.54) is 0 Å². The molecule has 0 atom stereocenters. The summed E-state index contributed by atoms with van der Waals surface area (Å²) >= 11 is 0. The van der Waals surface area contributed by atoms with Gasteiger partial charge in [0.2, 0.25) is 5.91 Å². The number of aryl methyl sites for hydroxylation is 2. The third-order valence-electron chi connectivity index (χ3n) is 5.69. The molecule has 1 fully saturated rings. The highest BCUT2D eigenvalue weighted by Crippen LogP contribution is 2.22. The lowest BCUT2D eigenvalue weighted by atomic mass is 9.95. The van der Waals surface area contributed by atoms with Crippen LogP contribution in [0, 0.1) is 26.7 Å². The summed E-state index contributed by atoms with van der Waals surface area (Å²) in [4.78, 5) is 46.8. The van der Waals surface area contributed by atoms with Crippen LogP contribution in [0.4, 0.5) is 5.82 Å². The molecule has 31 heavy (non-hydrogen) atoms. The van der Waals surface area contributed by atoms with Crippen LogP contribution in [0.15, 0.2) is 18.3 Å². The van der Waals surface area contributed by atoms with Gasteiger partial charge in [-0.05, 0) is 76.9 Å². The molecule has 1 saturated heterocycles. The van der Waals surface area contributed by atoms with E-state index in [-0.39, 0.29) is 30.8 Å². The average molecular weight is 427 g/mol. The standard InChI is InChI=1S/C23H30N4O4/c1-5-31-23(30)20-15(3)21(25-16(20)4)18(28)13-27-10-7-17(8-11-27)22(29)26-19-12-14(2)6-9-24-19/h6,9,12,17,25H,5,7-8,10-11,13H2,1-4H3,(H,24,26,29). The molecule has 0 unspecified atom stereocenters. The highest BCUT2D eigenvalue weighted by Gasteiger charge is 2.28. The minimum absolute atomic E-state index is 0.0287. The number of aromatic nitrogens is 2. The van der Waals surface area contributed by atoms with Crippen molar-refractivity contribution in [2.75, 3.05) is 31.6 Å². The lowest BCUT2D eigenvalue weighted by molar-refractivity contribution is -0.121. The van der Waals surface area contributed by atoms with Gasteiger partial charge in [-0.15, -0.1) is 0 Å². The summed E-state index contributed by atoms with van der Waals surface area (Å²) in [5, 5.41) is 2.89. The number of rotatable bonds is 7. The van der Waals surface area contributed by atoms with Gasteiger partial charge >= 0.3 is 5.97 Å². The maximum absolute atomic E-state index is 12.9. The molecule has 2 N–H and O–H groups in total. The zero-order valence-corrected chi connectivity index (χ0v) is 18.6. The third-order valence-corrected chi connectivity index (χ3v) is 5.69. The Balaban J connectivity index is 1.55. The Bertz CT molecular complexity index is 974. The number of carbonyl (C=O) groups is 3. The van der Waals surface area contributed by atoms with Gasteiger partial charge in [-0.1, -0.05) is 0 Å². The number of ether oxygens (including phenoxy) is 1. The van der Waals surface area contributed by atoms with Crippen LogP contribution in [0.1, 0.15) is 57.4 Å². The summed E-state index contributed by atoms with van der Waals surface area (Å²) in [6, 6.07) is 3.73. The summed E-state index contributed by atoms with van der Waals surface area (Å²) in [5.41, 5.74) is 3.19. The molecule has 1 amide bonds. The van der Waals surface area contributed by atoms with E-state index < -0.39 is 5.97 Å². The molecule has 166 valence electrons. The molecule has 0 bridgehead atoms. The second-order valence-electron chi connectivity index (χ2n) is 8.03. The Kier molecular flexibility index (Phi) is 7.22. The Morgan fingerprint density at radius 3 is 2.58 bits per heavy atom. The number of carbonyl (C=O) groups excluding carboxylic acids is 3. The van der Waals surface area contributed by atoms with Gasteiger partial charge in [-0.25, -0.2) is 9.78 Å². The monoisotopic (exact) mass is 426 g/mol. The molecular formula is C23H30N4O4. The predicted octanol–water partition coefficient (Wildman–Crippen LogP) is 3.05. The molecule has 8 heteroatoms. The summed E-state index contributed by atoms with van der Waals surface area (Å²) in [7, 11) is 0. The van der Waals surface area contributed by atoms with Crippen molar-refractivity contribution in [2.24, 2.45) is 5.92 Å². The van der Waals surface area contributed by atoms with Gasteiger partial charge < -0.3 is 15.0 Å². The van der Waals surface area contributed by atoms with Crippen LogP contribution in [-0.4, -0.2) is 58.8 Å². The fourth-order valence-electron chi connectivity index (χ4n) is 4.01. The van der Waals surface area contributed by atoms with Crippen LogP contribution in [-0.2, 0) is 9.53 Å². The molecule has 0 aliphatic carbocycles. The highest BCUT2D eigenvalue weighted by atomic mass is 16.5. The zero-order chi connectivity index (χ0) is 22.5. The Labute approximate surface area is 182 Å². The number of nitrogens with zero attached hydrogens (tertiary/aromatic N) is 2. The van der Waals surface area contributed by atoms with E-state index in [1.54, 1.807) is 27.0 Å². The molecule has 3 rings (SSSR count). The normalized spacial score (nSPS) is 15.0. The second kappa shape index (κ2) is 9.87. The van der Waals surface area contributed by atoms with Crippen molar-refractivity contribution in [2.45, 2.75) is 40.5 Å². The van der Waals surface area contributed by atoms with Crippen molar-refractivity contribution >= 4 is 23.5 Å². The first-order valence-electron chi connectivity index (χ1n) is 10.7. The first-order chi connectivity index (χ1) is 14.8. The van der Waals surface area contributed by atoms with Crippen LogP contribution >= 0.6 is 0 Å². The fourth-order valence-corrected chi connectivity index (χ4v) is 4.01. The topological polar surface area (TPSA) is 104 Å². The second-order valence-corrected chi connectivity index (χ2v) is 8.03. The number of nitrogens with one attached hydrogen (secondary N) is 2. The maximum atomic E-state index is 12.9. The first-order valence-corrected chi connectivity index (χ1v) is 10.7.